The third kappa shape index (κ3) is 3.06. The Kier molecular flexibility index (Phi) is 4.16. The van der Waals surface area contributed by atoms with Crippen LogP contribution in [0.1, 0.15) is 31.4 Å². The van der Waals surface area contributed by atoms with Crippen LogP contribution in [0.2, 0.25) is 0 Å². The number of aromatic nitrogens is 4. The van der Waals surface area contributed by atoms with Crippen LogP contribution < -0.4 is 5.73 Å². The SMILES string of the molecule is CCSc1cccc(Sc2nnnn2C2CC2)c1C(=N)N. The molecule has 0 aliphatic heterocycles. The number of amidine groups is 1. The summed E-state index contributed by atoms with van der Waals surface area (Å²) in [5.41, 5.74) is 6.56. The van der Waals surface area contributed by atoms with Gasteiger partial charge in [0, 0.05) is 15.4 Å². The van der Waals surface area contributed by atoms with Crippen LogP contribution >= 0.6 is 23.5 Å². The molecule has 0 spiro atoms. The summed E-state index contributed by atoms with van der Waals surface area (Å²) < 4.78 is 1.87. The summed E-state index contributed by atoms with van der Waals surface area (Å²) in [6, 6.07) is 6.38. The molecule has 21 heavy (non-hydrogen) atoms. The number of benzene rings is 1. The van der Waals surface area contributed by atoms with Gasteiger partial charge in [-0.05, 0) is 52.9 Å². The minimum absolute atomic E-state index is 0.0829. The Morgan fingerprint density at radius 1 is 1.43 bits per heavy atom. The highest BCUT2D eigenvalue weighted by atomic mass is 32.2. The Labute approximate surface area is 131 Å². The lowest BCUT2D eigenvalue weighted by Crippen LogP contribution is -2.14. The molecule has 0 radical (unpaired) electrons. The van der Waals surface area contributed by atoms with Crippen LogP contribution in [0.15, 0.2) is 33.1 Å². The van der Waals surface area contributed by atoms with E-state index in [9.17, 15) is 0 Å². The molecule has 3 N–H and O–H groups in total. The fourth-order valence-corrected chi connectivity index (χ4v) is 3.97. The summed E-state index contributed by atoms with van der Waals surface area (Å²) in [6.45, 7) is 2.09. The van der Waals surface area contributed by atoms with Crippen molar-refractivity contribution in [2.45, 2.75) is 40.8 Å². The molecule has 1 saturated carbocycles. The number of nitrogens with one attached hydrogen (secondary N) is 1. The molecule has 6 nitrogen and oxygen atoms in total. The zero-order valence-corrected chi connectivity index (χ0v) is 13.2. The van der Waals surface area contributed by atoms with Crippen LogP contribution in [0.3, 0.4) is 0 Å². The molecule has 8 heteroatoms. The van der Waals surface area contributed by atoms with Gasteiger partial charge in [-0.2, -0.15) is 0 Å². The summed E-state index contributed by atoms with van der Waals surface area (Å²) in [5, 5.41) is 20.5. The van der Waals surface area contributed by atoms with Gasteiger partial charge in [-0.3, -0.25) is 5.41 Å². The zero-order valence-electron chi connectivity index (χ0n) is 11.6. The number of rotatable bonds is 6. The van der Waals surface area contributed by atoms with Crippen LogP contribution in [0, 0.1) is 5.41 Å². The molecule has 0 atom stereocenters. The van der Waals surface area contributed by atoms with Gasteiger partial charge in [-0.25, -0.2) is 4.68 Å². The third-order valence-corrected chi connectivity index (χ3v) is 5.07. The topological polar surface area (TPSA) is 93.5 Å². The second-order valence-corrected chi connectivity index (χ2v) is 7.03. The standard InChI is InChI=1S/C13H16N6S2/c1-2-20-9-4-3-5-10(11(9)12(14)15)21-13-16-17-18-19(13)8-6-7-8/h3-5,8H,2,6-7H2,1H3,(H3,14,15). The number of tetrazole rings is 1. The largest absolute Gasteiger partial charge is 0.384 e. The average Bonchev–Trinajstić information content (AvgIpc) is 3.20. The van der Waals surface area contributed by atoms with Gasteiger partial charge in [0.15, 0.2) is 0 Å². The first-order valence-electron chi connectivity index (χ1n) is 6.76. The van der Waals surface area contributed by atoms with E-state index >= 15 is 0 Å². The number of thioether (sulfide) groups is 1. The highest BCUT2D eigenvalue weighted by molar-refractivity contribution is 8.00. The van der Waals surface area contributed by atoms with Crippen molar-refractivity contribution in [3.8, 4) is 0 Å². The van der Waals surface area contributed by atoms with Crippen LogP contribution in [-0.2, 0) is 0 Å². The zero-order chi connectivity index (χ0) is 14.8. The van der Waals surface area contributed by atoms with Crippen molar-refractivity contribution in [3.05, 3.63) is 23.8 Å². The first kappa shape index (κ1) is 14.4. The van der Waals surface area contributed by atoms with E-state index in [2.05, 4.69) is 22.4 Å². The quantitative estimate of drug-likeness (QED) is 0.482. The van der Waals surface area contributed by atoms with Crippen LogP contribution in [0.25, 0.3) is 0 Å². The van der Waals surface area contributed by atoms with E-state index in [0.717, 1.165) is 39.1 Å². The Hall–Kier alpha value is -1.54. The van der Waals surface area contributed by atoms with E-state index in [1.807, 2.05) is 22.9 Å². The van der Waals surface area contributed by atoms with Gasteiger partial charge in [-0.15, -0.1) is 16.9 Å². The molecule has 0 amide bonds. The smallest absolute Gasteiger partial charge is 0.214 e. The van der Waals surface area contributed by atoms with E-state index in [0.29, 0.717) is 6.04 Å². The van der Waals surface area contributed by atoms with Crippen LogP contribution in [-0.4, -0.2) is 31.8 Å². The highest BCUT2D eigenvalue weighted by Gasteiger charge is 2.28. The minimum Gasteiger partial charge on any atom is -0.384 e. The monoisotopic (exact) mass is 320 g/mol. The predicted octanol–water partition coefficient (Wildman–Crippen LogP) is 2.56. The lowest BCUT2D eigenvalue weighted by atomic mass is 10.2. The van der Waals surface area contributed by atoms with E-state index in [1.165, 1.54) is 11.8 Å². The van der Waals surface area contributed by atoms with Crippen molar-refractivity contribution in [2.24, 2.45) is 5.73 Å². The number of hydrogen-bond donors (Lipinski definition) is 2. The first-order valence-corrected chi connectivity index (χ1v) is 8.56. The van der Waals surface area contributed by atoms with Crippen molar-refractivity contribution in [2.75, 3.05) is 5.75 Å². The highest BCUT2D eigenvalue weighted by Crippen LogP contribution is 2.39. The van der Waals surface area contributed by atoms with Crippen LogP contribution in [0.4, 0.5) is 0 Å². The second kappa shape index (κ2) is 6.07. The van der Waals surface area contributed by atoms with Gasteiger partial charge in [0.2, 0.25) is 5.16 Å². The summed E-state index contributed by atoms with van der Waals surface area (Å²) >= 11 is 3.16. The Balaban J connectivity index is 1.95. The first-order chi connectivity index (χ1) is 10.2. The molecule has 0 unspecified atom stereocenters. The molecule has 1 aliphatic carbocycles. The number of nitrogens with two attached hydrogens (primary N) is 1. The van der Waals surface area contributed by atoms with Crippen molar-refractivity contribution >= 4 is 29.4 Å². The van der Waals surface area contributed by atoms with E-state index < -0.39 is 0 Å². The summed E-state index contributed by atoms with van der Waals surface area (Å²) in [6.07, 6.45) is 2.26. The molecule has 0 saturated heterocycles. The molecule has 1 aromatic carbocycles. The molecule has 110 valence electrons. The van der Waals surface area contributed by atoms with Gasteiger partial charge in [0.05, 0.1) is 6.04 Å². The molecular formula is C13H16N6S2. The Bertz CT molecular complexity index is 664. The molecule has 2 aromatic rings. The number of hydrogen-bond acceptors (Lipinski definition) is 6. The fourth-order valence-electron chi connectivity index (χ4n) is 2.04. The normalized spacial score (nSPS) is 14.3. The summed E-state index contributed by atoms with van der Waals surface area (Å²) in [5.74, 6) is 1.02. The van der Waals surface area contributed by atoms with Crippen LogP contribution in [0.5, 0.6) is 0 Å². The molecular weight excluding hydrogens is 304 g/mol. The molecule has 1 heterocycles. The maximum absolute atomic E-state index is 7.87. The molecule has 1 aromatic heterocycles. The van der Waals surface area contributed by atoms with Gasteiger partial charge < -0.3 is 5.73 Å². The summed E-state index contributed by atoms with van der Waals surface area (Å²) in [4.78, 5) is 1.96. The maximum Gasteiger partial charge on any atom is 0.214 e. The lowest BCUT2D eigenvalue weighted by molar-refractivity contribution is 0.565. The number of nitrogen functional groups attached to an aromatic ring is 1. The van der Waals surface area contributed by atoms with Crippen molar-refractivity contribution in [1.82, 2.24) is 20.2 Å². The van der Waals surface area contributed by atoms with Gasteiger partial charge >= 0.3 is 0 Å². The van der Waals surface area contributed by atoms with E-state index in [1.54, 1.807) is 11.8 Å². The Morgan fingerprint density at radius 3 is 2.86 bits per heavy atom. The van der Waals surface area contributed by atoms with E-state index in [4.69, 9.17) is 11.1 Å². The fraction of sp³-hybridized carbons (Fsp3) is 0.385. The predicted molar refractivity (Wildman–Crippen MR) is 84.1 cm³/mol. The maximum atomic E-state index is 7.87. The van der Waals surface area contributed by atoms with Crippen molar-refractivity contribution in [3.63, 3.8) is 0 Å². The van der Waals surface area contributed by atoms with Gasteiger partial charge in [0.25, 0.3) is 0 Å². The lowest BCUT2D eigenvalue weighted by Gasteiger charge is -2.12. The molecule has 3 rings (SSSR count). The second-order valence-electron chi connectivity index (χ2n) is 4.72. The van der Waals surface area contributed by atoms with Gasteiger partial charge in [-0.1, -0.05) is 13.0 Å². The molecule has 1 aliphatic rings. The van der Waals surface area contributed by atoms with Gasteiger partial charge in [0.1, 0.15) is 5.84 Å². The van der Waals surface area contributed by atoms with Crippen molar-refractivity contribution < 1.29 is 0 Å². The summed E-state index contributed by atoms with van der Waals surface area (Å²) in [7, 11) is 0. The molecule has 0 bridgehead atoms. The van der Waals surface area contributed by atoms with Crippen molar-refractivity contribution in [1.29, 1.82) is 5.41 Å². The number of nitrogens with zero attached hydrogens (tertiary/aromatic N) is 4. The van der Waals surface area contributed by atoms with E-state index in [-0.39, 0.29) is 5.84 Å². The minimum atomic E-state index is 0.0829. The average molecular weight is 320 g/mol. The third-order valence-electron chi connectivity index (χ3n) is 3.11. The Morgan fingerprint density at radius 2 is 2.19 bits per heavy atom. The molecule has 1 fully saturated rings.